The molecule has 0 heterocycles. The van der Waals surface area contributed by atoms with Crippen LogP contribution in [0.5, 0.6) is 0 Å². The third kappa shape index (κ3) is 1.23. The fourth-order valence-electron chi connectivity index (χ4n) is 0.871. The highest BCUT2D eigenvalue weighted by Crippen LogP contribution is 2.27. The van der Waals surface area contributed by atoms with Gasteiger partial charge in [-0.1, -0.05) is 0 Å². The third-order valence-electron chi connectivity index (χ3n) is 1.40. The van der Waals surface area contributed by atoms with Crippen molar-refractivity contribution in [3.63, 3.8) is 0 Å². The molecule has 1 rings (SSSR count). The number of alkyl halides is 1. The van der Waals surface area contributed by atoms with E-state index in [0.717, 1.165) is 6.08 Å². The highest BCUT2D eigenvalue weighted by atomic mass is 19.2. The van der Waals surface area contributed by atoms with Gasteiger partial charge in [-0.25, -0.2) is 13.2 Å². The average Bonchev–Trinajstić information content (AvgIpc) is 1.82. The van der Waals surface area contributed by atoms with Gasteiger partial charge in [0.2, 0.25) is 0 Å². The van der Waals surface area contributed by atoms with E-state index in [1.807, 2.05) is 0 Å². The standard InChI is InChI=1S/C7H7F3/c1-4-2-5(8)3-6(9)7(4)10/h2,6H,3H2,1H3. The van der Waals surface area contributed by atoms with Gasteiger partial charge in [0, 0.05) is 6.42 Å². The smallest absolute Gasteiger partial charge is 0.158 e. The summed E-state index contributed by atoms with van der Waals surface area (Å²) in [4.78, 5) is 0. The fourth-order valence-corrected chi connectivity index (χ4v) is 0.871. The quantitative estimate of drug-likeness (QED) is 0.495. The summed E-state index contributed by atoms with van der Waals surface area (Å²) in [5, 5.41) is 0. The van der Waals surface area contributed by atoms with Gasteiger partial charge in [0.1, 0.15) is 11.7 Å². The Kier molecular flexibility index (Phi) is 1.83. The number of rotatable bonds is 0. The van der Waals surface area contributed by atoms with Crippen LogP contribution in [0.25, 0.3) is 0 Å². The van der Waals surface area contributed by atoms with Crippen molar-refractivity contribution in [2.75, 3.05) is 0 Å². The molecule has 0 aromatic rings. The van der Waals surface area contributed by atoms with E-state index in [-0.39, 0.29) is 5.57 Å². The van der Waals surface area contributed by atoms with Gasteiger partial charge in [0.15, 0.2) is 6.17 Å². The van der Waals surface area contributed by atoms with E-state index < -0.39 is 24.2 Å². The molecule has 0 spiro atoms. The molecule has 0 saturated heterocycles. The summed E-state index contributed by atoms with van der Waals surface area (Å²) in [7, 11) is 0. The third-order valence-corrected chi connectivity index (χ3v) is 1.40. The summed E-state index contributed by atoms with van der Waals surface area (Å²) < 4.78 is 37.1. The molecule has 0 bridgehead atoms. The monoisotopic (exact) mass is 148 g/mol. The molecule has 1 aliphatic rings. The van der Waals surface area contributed by atoms with E-state index >= 15 is 0 Å². The lowest BCUT2D eigenvalue weighted by Crippen LogP contribution is -2.06. The van der Waals surface area contributed by atoms with E-state index in [0.29, 0.717) is 0 Å². The molecule has 1 unspecified atom stereocenters. The molecule has 0 aliphatic heterocycles. The summed E-state index contributed by atoms with van der Waals surface area (Å²) in [6.07, 6.45) is -1.21. The van der Waals surface area contributed by atoms with Crippen molar-refractivity contribution in [3.05, 3.63) is 23.3 Å². The Morgan fingerprint density at radius 2 is 2.10 bits per heavy atom. The molecular weight excluding hydrogens is 141 g/mol. The van der Waals surface area contributed by atoms with Gasteiger partial charge >= 0.3 is 0 Å². The Bertz CT molecular complexity index is 203. The number of hydrogen-bond acceptors (Lipinski definition) is 0. The van der Waals surface area contributed by atoms with Gasteiger partial charge in [-0.15, -0.1) is 0 Å². The average molecular weight is 148 g/mol. The van der Waals surface area contributed by atoms with Crippen molar-refractivity contribution in [2.24, 2.45) is 0 Å². The van der Waals surface area contributed by atoms with E-state index in [9.17, 15) is 13.2 Å². The van der Waals surface area contributed by atoms with Crippen LogP contribution in [0.4, 0.5) is 13.2 Å². The van der Waals surface area contributed by atoms with Crippen LogP contribution in [-0.2, 0) is 0 Å². The second kappa shape index (κ2) is 2.48. The van der Waals surface area contributed by atoms with Crippen molar-refractivity contribution in [2.45, 2.75) is 19.5 Å². The van der Waals surface area contributed by atoms with E-state index in [1.165, 1.54) is 6.92 Å². The molecule has 3 heteroatoms. The Morgan fingerprint density at radius 3 is 2.60 bits per heavy atom. The lowest BCUT2D eigenvalue weighted by molar-refractivity contribution is 0.300. The van der Waals surface area contributed by atoms with Gasteiger partial charge in [-0.2, -0.15) is 0 Å². The van der Waals surface area contributed by atoms with E-state index in [2.05, 4.69) is 0 Å². The Morgan fingerprint density at radius 1 is 1.50 bits per heavy atom. The maximum absolute atomic E-state index is 12.4. The molecular formula is C7H7F3. The molecule has 56 valence electrons. The second-order valence-electron chi connectivity index (χ2n) is 2.29. The summed E-state index contributed by atoms with van der Waals surface area (Å²) >= 11 is 0. The highest BCUT2D eigenvalue weighted by Gasteiger charge is 2.21. The second-order valence-corrected chi connectivity index (χ2v) is 2.29. The van der Waals surface area contributed by atoms with Crippen LogP contribution in [0, 0.1) is 0 Å². The molecule has 0 nitrogen and oxygen atoms in total. The molecule has 0 fully saturated rings. The minimum absolute atomic E-state index is 0.0521. The number of halogens is 3. The molecule has 1 aliphatic carbocycles. The van der Waals surface area contributed by atoms with Crippen LogP contribution >= 0.6 is 0 Å². The van der Waals surface area contributed by atoms with Gasteiger partial charge in [0.05, 0.1) is 0 Å². The van der Waals surface area contributed by atoms with Crippen LogP contribution in [0.3, 0.4) is 0 Å². The zero-order chi connectivity index (χ0) is 7.72. The normalized spacial score (nSPS) is 26.8. The Balaban J connectivity index is 2.92. The molecule has 0 N–H and O–H groups in total. The van der Waals surface area contributed by atoms with Crippen molar-refractivity contribution >= 4 is 0 Å². The van der Waals surface area contributed by atoms with Gasteiger partial charge in [-0.3, -0.25) is 0 Å². The first-order valence-corrected chi connectivity index (χ1v) is 2.97. The Labute approximate surface area is 57.0 Å². The maximum atomic E-state index is 12.4. The largest absolute Gasteiger partial charge is 0.239 e. The lowest BCUT2D eigenvalue weighted by Gasteiger charge is -2.11. The van der Waals surface area contributed by atoms with Crippen LogP contribution < -0.4 is 0 Å². The van der Waals surface area contributed by atoms with Crippen molar-refractivity contribution in [3.8, 4) is 0 Å². The summed E-state index contributed by atoms with van der Waals surface area (Å²) in [5.41, 5.74) is 0.0521. The van der Waals surface area contributed by atoms with E-state index in [4.69, 9.17) is 0 Å². The summed E-state index contributed by atoms with van der Waals surface area (Å²) in [5.74, 6) is -1.44. The molecule has 1 atom stereocenters. The van der Waals surface area contributed by atoms with Gasteiger partial charge in [-0.05, 0) is 18.6 Å². The zero-order valence-corrected chi connectivity index (χ0v) is 5.50. The molecule has 0 amide bonds. The molecule has 0 saturated carbocycles. The maximum Gasteiger partial charge on any atom is 0.158 e. The predicted octanol–water partition coefficient (Wildman–Crippen LogP) is 2.83. The first kappa shape index (κ1) is 7.38. The first-order chi connectivity index (χ1) is 4.61. The van der Waals surface area contributed by atoms with Gasteiger partial charge in [0.25, 0.3) is 0 Å². The minimum Gasteiger partial charge on any atom is -0.239 e. The molecule has 10 heavy (non-hydrogen) atoms. The van der Waals surface area contributed by atoms with Crippen LogP contribution in [-0.4, -0.2) is 6.17 Å². The van der Waals surface area contributed by atoms with E-state index in [1.54, 1.807) is 0 Å². The fraction of sp³-hybridized carbons (Fsp3) is 0.429. The Hall–Kier alpha value is -0.730. The molecule has 0 aromatic heterocycles. The van der Waals surface area contributed by atoms with Crippen molar-refractivity contribution in [1.29, 1.82) is 0 Å². The summed E-state index contributed by atoms with van der Waals surface area (Å²) in [6, 6.07) is 0. The van der Waals surface area contributed by atoms with Gasteiger partial charge < -0.3 is 0 Å². The van der Waals surface area contributed by atoms with Crippen molar-refractivity contribution in [1.82, 2.24) is 0 Å². The predicted molar refractivity (Wildman–Crippen MR) is 32.5 cm³/mol. The van der Waals surface area contributed by atoms with Crippen LogP contribution in [0.2, 0.25) is 0 Å². The summed E-state index contributed by atoms with van der Waals surface area (Å²) in [6.45, 7) is 1.35. The number of allylic oxidation sites excluding steroid dienone is 4. The lowest BCUT2D eigenvalue weighted by atomic mass is 10.1. The minimum atomic E-state index is -1.77. The molecule has 0 radical (unpaired) electrons. The topological polar surface area (TPSA) is 0 Å². The highest BCUT2D eigenvalue weighted by molar-refractivity contribution is 5.29. The number of hydrogen-bond donors (Lipinski definition) is 0. The van der Waals surface area contributed by atoms with Crippen molar-refractivity contribution < 1.29 is 13.2 Å². The van der Waals surface area contributed by atoms with Crippen LogP contribution in [0.15, 0.2) is 23.3 Å². The SMILES string of the molecule is CC1=C(F)C(F)CC(F)=C1. The van der Waals surface area contributed by atoms with Crippen LogP contribution in [0.1, 0.15) is 13.3 Å². The molecule has 0 aromatic carbocycles. The first-order valence-electron chi connectivity index (χ1n) is 2.97. The zero-order valence-electron chi connectivity index (χ0n) is 5.50.